The summed E-state index contributed by atoms with van der Waals surface area (Å²) in [6.45, 7) is 5.37. The number of ether oxygens (including phenoxy) is 2. The molecular formula is C21H30IN5O2. The molecule has 0 atom stereocenters. The fourth-order valence-electron chi connectivity index (χ4n) is 3.21. The molecule has 0 saturated carbocycles. The molecule has 158 valence electrons. The van der Waals surface area contributed by atoms with Crippen LogP contribution in [0, 0.1) is 0 Å². The van der Waals surface area contributed by atoms with E-state index in [1.807, 2.05) is 37.4 Å². The van der Waals surface area contributed by atoms with E-state index in [2.05, 4.69) is 31.6 Å². The maximum atomic E-state index is 5.64. The van der Waals surface area contributed by atoms with Crippen molar-refractivity contribution in [3.05, 3.63) is 42.1 Å². The van der Waals surface area contributed by atoms with E-state index in [0.717, 1.165) is 24.6 Å². The standard InChI is InChI=1S/C21H29N5O2.HI/c1-4-28-19-14-17(7-8-18(19)27-3)25-21(22-2)24-15-16-9-10-23-20(13-16)26-11-5-6-12-26;/h7-10,13-14H,4-6,11-12,15H2,1-3H3,(H2,22,24,25);1H. The molecule has 1 saturated heterocycles. The van der Waals surface area contributed by atoms with Gasteiger partial charge in [-0.1, -0.05) is 0 Å². The van der Waals surface area contributed by atoms with Gasteiger partial charge in [0.2, 0.25) is 0 Å². The fourth-order valence-corrected chi connectivity index (χ4v) is 3.21. The Bertz CT molecular complexity index is 809. The molecule has 8 heteroatoms. The van der Waals surface area contributed by atoms with Gasteiger partial charge in [-0.3, -0.25) is 4.99 Å². The highest BCUT2D eigenvalue weighted by Crippen LogP contribution is 2.30. The van der Waals surface area contributed by atoms with E-state index in [1.165, 1.54) is 18.4 Å². The molecule has 0 unspecified atom stereocenters. The van der Waals surface area contributed by atoms with Gasteiger partial charge in [0.25, 0.3) is 0 Å². The summed E-state index contributed by atoms with van der Waals surface area (Å²) in [5, 5.41) is 6.65. The number of anilines is 2. The first-order valence-electron chi connectivity index (χ1n) is 9.72. The third-order valence-corrected chi connectivity index (χ3v) is 4.65. The van der Waals surface area contributed by atoms with Crippen molar-refractivity contribution in [2.75, 3.05) is 44.1 Å². The van der Waals surface area contributed by atoms with Gasteiger partial charge in [-0.25, -0.2) is 4.98 Å². The van der Waals surface area contributed by atoms with Crippen LogP contribution < -0.4 is 25.0 Å². The van der Waals surface area contributed by atoms with Gasteiger partial charge in [0.15, 0.2) is 17.5 Å². The predicted molar refractivity (Wildman–Crippen MR) is 129 cm³/mol. The normalized spacial score (nSPS) is 13.6. The topological polar surface area (TPSA) is 71.0 Å². The van der Waals surface area contributed by atoms with E-state index in [4.69, 9.17) is 9.47 Å². The van der Waals surface area contributed by atoms with Gasteiger partial charge in [0.1, 0.15) is 5.82 Å². The molecule has 7 nitrogen and oxygen atoms in total. The number of aromatic nitrogens is 1. The molecule has 29 heavy (non-hydrogen) atoms. The van der Waals surface area contributed by atoms with E-state index < -0.39 is 0 Å². The number of guanidine groups is 1. The molecule has 0 radical (unpaired) electrons. The largest absolute Gasteiger partial charge is 0.493 e. The first-order chi connectivity index (χ1) is 13.7. The lowest BCUT2D eigenvalue weighted by Gasteiger charge is -2.18. The van der Waals surface area contributed by atoms with Crippen molar-refractivity contribution in [2.24, 2.45) is 4.99 Å². The van der Waals surface area contributed by atoms with Crippen molar-refractivity contribution in [1.82, 2.24) is 10.3 Å². The van der Waals surface area contributed by atoms with Crippen LogP contribution in [0.1, 0.15) is 25.3 Å². The number of benzene rings is 1. The SMILES string of the molecule is CCOc1cc(NC(=NC)NCc2ccnc(N3CCCC3)c2)ccc1OC.I. The first kappa shape index (κ1) is 23.1. The quantitative estimate of drug-likeness (QED) is 0.334. The number of halogens is 1. The van der Waals surface area contributed by atoms with Crippen LogP contribution in [0.5, 0.6) is 11.5 Å². The van der Waals surface area contributed by atoms with E-state index in [0.29, 0.717) is 30.6 Å². The number of methoxy groups -OCH3 is 1. The van der Waals surface area contributed by atoms with E-state index in [1.54, 1.807) is 14.2 Å². The maximum Gasteiger partial charge on any atom is 0.195 e. The summed E-state index contributed by atoms with van der Waals surface area (Å²) in [6, 6.07) is 9.90. The monoisotopic (exact) mass is 511 g/mol. The number of rotatable bonds is 7. The second-order valence-electron chi connectivity index (χ2n) is 6.57. The minimum Gasteiger partial charge on any atom is -0.493 e. The van der Waals surface area contributed by atoms with E-state index in [-0.39, 0.29) is 24.0 Å². The molecule has 2 aromatic rings. The highest BCUT2D eigenvalue weighted by Gasteiger charge is 2.13. The minimum absolute atomic E-state index is 0. The average molecular weight is 511 g/mol. The summed E-state index contributed by atoms with van der Waals surface area (Å²) >= 11 is 0. The summed E-state index contributed by atoms with van der Waals surface area (Å²) in [5.41, 5.74) is 2.05. The van der Waals surface area contributed by atoms with Crippen LogP contribution in [0.15, 0.2) is 41.5 Å². The van der Waals surface area contributed by atoms with Crippen LogP contribution in [0.2, 0.25) is 0 Å². The Hall–Kier alpha value is -2.23. The van der Waals surface area contributed by atoms with Gasteiger partial charge in [-0.2, -0.15) is 0 Å². The molecular weight excluding hydrogens is 481 g/mol. The molecule has 1 aromatic heterocycles. The van der Waals surface area contributed by atoms with Gasteiger partial charge < -0.3 is 25.0 Å². The van der Waals surface area contributed by atoms with E-state index >= 15 is 0 Å². The Labute approximate surface area is 189 Å². The molecule has 3 rings (SSSR count). The second kappa shape index (κ2) is 11.7. The molecule has 1 fully saturated rings. The van der Waals surface area contributed by atoms with Crippen LogP contribution in [0.3, 0.4) is 0 Å². The Balaban J connectivity index is 0.00000300. The zero-order chi connectivity index (χ0) is 19.8. The molecule has 0 spiro atoms. The highest BCUT2D eigenvalue weighted by molar-refractivity contribution is 14.0. The van der Waals surface area contributed by atoms with Crippen molar-refractivity contribution >= 4 is 41.4 Å². The van der Waals surface area contributed by atoms with Crippen molar-refractivity contribution < 1.29 is 9.47 Å². The van der Waals surface area contributed by atoms with Crippen LogP contribution >= 0.6 is 24.0 Å². The molecule has 1 aliphatic heterocycles. The van der Waals surface area contributed by atoms with Gasteiger partial charge in [0, 0.05) is 44.6 Å². The number of pyridine rings is 1. The first-order valence-corrected chi connectivity index (χ1v) is 9.72. The Morgan fingerprint density at radius 3 is 2.66 bits per heavy atom. The molecule has 2 heterocycles. The van der Waals surface area contributed by atoms with Crippen LogP contribution in [0.4, 0.5) is 11.5 Å². The zero-order valence-corrected chi connectivity index (χ0v) is 19.6. The van der Waals surface area contributed by atoms with Crippen molar-refractivity contribution in [3.63, 3.8) is 0 Å². The van der Waals surface area contributed by atoms with Crippen molar-refractivity contribution in [1.29, 1.82) is 0 Å². The zero-order valence-electron chi connectivity index (χ0n) is 17.3. The van der Waals surface area contributed by atoms with Gasteiger partial charge in [-0.05, 0) is 49.6 Å². The molecule has 1 aromatic carbocycles. The Morgan fingerprint density at radius 1 is 1.17 bits per heavy atom. The van der Waals surface area contributed by atoms with Crippen LogP contribution in [0.25, 0.3) is 0 Å². The lowest BCUT2D eigenvalue weighted by atomic mass is 10.2. The van der Waals surface area contributed by atoms with Gasteiger partial charge in [0.05, 0.1) is 13.7 Å². The highest BCUT2D eigenvalue weighted by atomic mass is 127. The van der Waals surface area contributed by atoms with Gasteiger partial charge >= 0.3 is 0 Å². The summed E-state index contributed by atoms with van der Waals surface area (Å²) in [7, 11) is 3.39. The minimum atomic E-state index is 0. The van der Waals surface area contributed by atoms with Crippen LogP contribution in [-0.4, -0.2) is 44.8 Å². The third-order valence-electron chi connectivity index (χ3n) is 4.65. The number of nitrogens with zero attached hydrogens (tertiary/aromatic N) is 3. The summed E-state index contributed by atoms with van der Waals surface area (Å²) in [5.74, 6) is 3.15. The molecule has 0 amide bonds. The van der Waals surface area contributed by atoms with E-state index in [9.17, 15) is 0 Å². The van der Waals surface area contributed by atoms with Crippen molar-refractivity contribution in [3.8, 4) is 11.5 Å². The smallest absolute Gasteiger partial charge is 0.195 e. The fraction of sp³-hybridized carbons (Fsp3) is 0.429. The Morgan fingerprint density at radius 2 is 1.97 bits per heavy atom. The van der Waals surface area contributed by atoms with Gasteiger partial charge in [-0.15, -0.1) is 24.0 Å². The predicted octanol–water partition coefficient (Wildman–Crippen LogP) is 3.89. The Kier molecular flexibility index (Phi) is 9.30. The molecule has 2 N–H and O–H groups in total. The molecule has 0 aliphatic carbocycles. The summed E-state index contributed by atoms with van der Waals surface area (Å²) in [4.78, 5) is 11.2. The summed E-state index contributed by atoms with van der Waals surface area (Å²) in [6.07, 6.45) is 4.36. The number of nitrogens with one attached hydrogen (secondary N) is 2. The maximum absolute atomic E-state index is 5.64. The van der Waals surface area contributed by atoms with Crippen LogP contribution in [-0.2, 0) is 6.54 Å². The average Bonchev–Trinajstić information content (AvgIpc) is 3.27. The number of hydrogen-bond acceptors (Lipinski definition) is 5. The molecule has 1 aliphatic rings. The second-order valence-corrected chi connectivity index (χ2v) is 6.57. The number of hydrogen-bond donors (Lipinski definition) is 2. The van der Waals surface area contributed by atoms with Crippen molar-refractivity contribution in [2.45, 2.75) is 26.3 Å². The number of aliphatic imine (C=N–C) groups is 1. The lowest BCUT2D eigenvalue weighted by Crippen LogP contribution is -2.30. The lowest BCUT2D eigenvalue weighted by molar-refractivity contribution is 0.311. The third kappa shape index (κ3) is 6.38. The molecule has 0 bridgehead atoms. The summed E-state index contributed by atoms with van der Waals surface area (Å²) < 4.78 is 11.0.